The number of para-hydroxylation sites is 4. The molecule has 5 aromatic rings. The first-order valence-electron chi connectivity index (χ1n) is 13.2. The van der Waals surface area contributed by atoms with Gasteiger partial charge >= 0.3 is 19.3 Å². The van der Waals surface area contributed by atoms with Crippen LogP contribution in [0.15, 0.2) is 77.6 Å². The summed E-state index contributed by atoms with van der Waals surface area (Å²) in [4.78, 5) is 29.9. The molecule has 0 radical (unpaired) electrons. The number of fused-ring (bicyclic) bond motifs is 2. The molecule has 208 valence electrons. The Bertz CT molecular complexity index is 1760. The summed E-state index contributed by atoms with van der Waals surface area (Å²) in [6, 6.07) is 21.7. The molecule has 0 spiro atoms. The Balaban J connectivity index is 1.53. The van der Waals surface area contributed by atoms with Gasteiger partial charge < -0.3 is 18.7 Å². The van der Waals surface area contributed by atoms with E-state index in [1.165, 1.54) is 12.1 Å². The molecule has 2 aromatic heterocycles. The van der Waals surface area contributed by atoms with Gasteiger partial charge in [-0.15, -0.1) is 0 Å². The summed E-state index contributed by atoms with van der Waals surface area (Å²) in [5.74, 6) is -0.348. The van der Waals surface area contributed by atoms with Crippen LogP contribution in [0.4, 0.5) is 0 Å². The van der Waals surface area contributed by atoms with Crippen molar-refractivity contribution in [3.05, 3.63) is 100 Å². The van der Waals surface area contributed by atoms with Crippen LogP contribution >= 0.6 is 7.60 Å². The number of carboxylic acid groups (broad SMARTS) is 1. The molecule has 0 bridgehead atoms. The van der Waals surface area contributed by atoms with E-state index in [4.69, 9.17) is 14.0 Å². The molecular formula is C29H31N4O6P. The van der Waals surface area contributed by atoms with Crippen molar-refractivity contribution in [3.8, 4) is 0 Å². The number of carboxylic acids is 1. The number of rotatable bonds is 12. The summed E-state index contributed by atoms with van der Waals surface area (Å²) in [5.41, 5.74) is 3.94. The molecule has 0 amide bonds. The van der Waals surface area contributed by atoms with E-state index in [-0.39, 0.29) is 43.7 Å². The standard InChI is InChI=1S/C29H31N4O6P/c1-3-38-40(37,39-4-2)18-17-31-24-10-6-5-9-23(24)30-27(31)20-33-26-12-8-7-11-25(26)32(29(33)36)19-21-13-15-22(16-14-21)28(34)35/h5-16H,3-4,17-20H2,1-2H3,(H,34,35). The lowest BCUT2D eigenvalue weighted by molar-refractivity contribution is 0.0697. The van der Waals surface area contributed by atoms with E-state index in [1.54, 1.807) is 35.1 Å². The minimum Gasteiger partial charge on any atom is -0.478 e. The third kappa shape index (κ3) is 5.51. The molecule has 10 nitrogen and oxygen atoms in total. The van der Waals surface area contributed by atoms with E-state index in [9.17, 15) is 19.3 Å². The molecule has 2 heterocycles. The van der Waals surface area contributed by atoms with Gasteiger partial charge in [-0.3, -0.25) is 13.7 Å². The average Bonchev–Trinajstić information content (AvgIpc) is 3.43. The van der Waals surface area contributed by atoms with Crippen LogP contribution < -0.4 is 5.69 Å². The van der Waals surface area contributed by atoms with E-state index in [1.807, 2.05) is 53.1 Å². The number of hydrogen-bond acceptors (Lipinski definition) is 6. The highest BCUT2D eigenvalue weighted by atomic mass is 31.2. The molecule has 40 heavy (non-hydrogen) atoms. The predicted molar refractivity (Wildman–Crippen MR) is 153 cm³/mol. The van der Waals surface area contributed by atoms with E-state index in [0.717, 1.165) is 27.6 Å². The normalized spacial score (nSPS) is 11.9. The largest absolute Gasteiger partial charge is 0.478 e. The number of aromatic carboxylic acids is 1. The molecule has 0 atom stereocenters. The van der Waals surface area contributed by atoms with Crippen LogP contribution in [0.25, 0.3) is 22.1 Å². The van der Waals surface area contributed by atoms with Crippen molar-refractivity contribution in [2.24, 2.45) is 0 Å². The maximum Gasteiger partial charge on any atom is 0.335 e. The monoisotopic (exact) mass is 562 g/mol. The zero-order chi connectivity index (χ0) is 28.3. The Morgan fingerprint density at radius 1 is 0.825 bits per heavy atom. The van der Waals surface area contributed by atoms with Gasteiger partial charge in [0.2, 0.25) is 0 Å². The van der Waals surface area contributed by atoms with Gasteiger partial charge in [-0.05, 0) is 55.8 Å². The molecule has 0 aliphatic heterocycles. The number of imidazole rings is 2. The first-order valence-corrected chi connectivity index (χ1v) is 14.9. The average molecular weight is 563 g/mol. The molecular weight excluding hydrogens is 531 g/mol. The number of carbonyl (C=O) groups is 1. The molecule has 11 heteroatoms. The van der Waals surface area contributed by atoms with Gasteiger partial charge in [0.05, 0.1) is 60.1 Å². The predicted octanol–water partition coefficient (Wildman–Crippen LogP) is 5.21. The third-order valence-electron chi connectivity index (χ3n) is 6.75. The second-order valence-corrected chi connectivity index (χ2v) is 11.5. The molecule has 0 saturated carbocycles. The van der Waals surface area contributed by atoms with Gasteiger partial charge in [0.25, 0.3) is 0 Å². The fraction of sp³-hybridized carbons (Fsp3) is 0.276. The number of nitrogens with zero attached hydrogens (tertiary/aromatic N) is 4. The van der Waals surface area contributed by atoms with Crippen LogP contribution in [0.3, 0.4) is 0 Å². The van der Waals surface area contributed by atoms with Crippen molar-refractivity contribution in [2.75, 3.05) is 19.4 Å². The van der Waals surface area contributed by atoms with Crippen LogP contribution in [0.1, 0.15) is 35.6 Å². The molecule has 3 aromatic carbocycles. The van der Waals surface area contributed by atoms with Gasteiger partial charge in [0, 0.05) is 6.54 Å². The van der Waals surface area contributed by atoms with Gasteiger partial charge in [-0.1, -0.05) is 36.4 Å². The number of aromatic nitrogens is 4. The molecule has 0 aliphatic carbocycles. The minimum atomic E-state index is -3.29. The summed E-state index contributed by atoms with van der Waals surface area (Å²) in [6.45, 7) is 4.96. The van der Waals surface area contributed by atoms with E-state index in [0.29, 0.717) is 12.4 Å². The smallest absolute Gasteiger partial charge is 0.335 e. The van der Waals surface area contributed by atoms with Crippen LogP contribution in [-0.4, -0.2) is 49.1 Å². The Hall–Kier alpha value is -3.98. The van der Waals surface area contributed by atoms with Crippen LogP contribution in [0, 0.1) is 0 Å². The number of hydrogen-bond donors (Lipinski definition) is 1. The van der Waals surface area contributed by atoms with Crippen LogP contribution in [0.2, 0.25) is 0 Å². The molecule has 1 N–H and O–H groups in total. The maximum atomic E-state index is 13.8. The quantitative estimate of drug-likeness (QED) is 0.207. The van der Waals surface area contributed by atoms with E-state index >= 15 is 0 Å². The van der Waals surface area contributed by atoms with Gasteiger partial charge in [-0.25, -0.2) is 14.6 Å². The lowest BCUT2D eigenvalue weighted by Crippen LogP contribution is -2.26. The molecule has 0 unspecified atom stereocenters. The number of aryl methyl sites for hydroxylation is 1. The second-order valence-electron chi connectivity index (χ2n) is 9.28. The fourth-order valence-corrected chi connectivity index (χ4v) is 6.50. The summed E-state index contributed by atoms with van der Waals surface area (Å²) in [7, 11) is -3.29. The van der Waals surface area contributed by atoms with Gasteiger partial charge in [-0.2, -0.15) is 0 Å². The van der Waals surface area contributed by atoms with Crippen molar-refractivity contribution >= 4 is 35.6 Å². The summed E-state index contributed by atoms with van der Waals surface area (Å²) in [5, 5.41) is 9.21. The highest BCUT2D eigenvalue weighted by molar-refractivity contribution is 7.53. The van der Waals surface area contributed by atoms with Crippen molar-refractivity contribution in [3.63, 3.8) is 0 Å². The Labute approximate surface area is 230 Å². The van der Waals surface area contributed by atoms with Gasteiger partial charge in [0.1, 0.15) is 5.82 Å². The van der Waals surface area contributed by atoms with Gasteiger partial charge in [0.15, 0.2) is 0 Å². The summed E-state index contributed by atoms with van der Waals surface area (Å²) in [6.07, 6.45) is 0.172. The molecule has 0 fully saturated rings. The number of benzene rings is 3. The van der Waals surface area contributed by atoms with Crippen LogP contribution in [-0.2, 0) is 33.2 Å². The lowest BCUT2D eigenvalue weighted by atomic mass is 10.1. The SMILES string of the molecule is CCOP(=O)(CCn1c(Cn2c(=O)n(Cc3ccc(C(=O)O)cc3)c3ccccc32)nc2ccccc21)OCC. The first-order chi connectivity index (χ1) is 19.3. The maximum absolute atomic E-state index is 13.8. The third-order valence-corrected chi connectivity index (χ3v) is 8.80. The van der Waals surface area contributed by atoms with Crippen molar-refractivity contribution in [2.45, 2.75) is 33.5 Å². The Kier molecular flexibility index (Phi) is 8.02. The highest BCUT2D eigenvalue weighted by Crippen LogP contribution is 2.48. The Morgan fingerprint density at radius 3 is 2.00 bits per heavy atom. The second kappa shape index (κ2) is 11.6. The van der Waals surface area contributed by atoms with E-state index < -0.39 is 13.6 Å². The lowest BCUT2D eigenvalue weighted by Gasteiger charge is -2.18. The molecule has 0 aliphatic rings. The zero-order valence-electron chi connectivity index (χ0n) is 22.4. The van der Waals surface area contributed by atoms with Crippen LogP contribution in [0.5, 0.6) is 0 Å². The van der Waals surface area contributed by atoms with Crippen molar-refractivity contribution < 1.29 is 23.5 Å². The topological polar surface area (TPSA) is 118 Å². The molecule has 5 rings (SSSR count). The van der Waals surface area contributed by atoms with Crippen molar-refractivity contribution in [1.82, 2.24) is 18.7 Å². The van der Waals surface area contributed by atoms with Crippen molar-refractivity contribution in [1.29, 1.82) is 0 Å². The highest BCUT2D eigenvalue weighted by Gasteiger charge is 2.25. The fourth-order valence-electron chi connectivity index (χ4n) is 4.93. The van der Waals surface area contributed by atoms with E-state index in [2.05, 4.69) is 0 Å². The summed E-state index contributed by atoms with van der Waals surface area (Å²) >= 11 is 0. The summed E-state index contributed by atoms with van der Waals surface area (Å²) < 4.78 is 29.6. The Morgan fingerprint density at radius 2 is 1.40 bits per heavy atom. The first kappa shape index (κ1) is 27.6. The minimum absolute atomic E-state index is 0.172. The zero-order valence-corrected chi connectivity index (χ0v) is 23.3. The molecule has 0 saturated heterocycles.